The quantitative estimate of drug-likeness (QED) is 0.873. The van der Waals surface area contributed by atoms with Gasteiger partial charge in [0.25, 0.3) is 5.91 Å². The van der Waals surface area contributed by atoms with Gasteiger partial charge in [-0.25, -0.2) is 0 Å². The zero-order valence-corrected chi connectivity index (χ0v) is 10.8. The van der Waals surface area contributed by atoms with E-state index in [4.69, 9.17) is 0 Å². The van der Waals surface area contributed by atoms with Crippen LogP contribution in [0, 0.1) is 0 Å². The molecule has 4 nitrogen and oxygen atoms in total. The Bertz CT molecular complexity index is 653. The topological polar surface area (TPSA) is 58.2 Å². The predicted octanol–water partition coefficient (Wildman–Crippen LogP) is 1.98. The first-order valence-electron chi connectivity index (χ1n) is 6.49. The van der Waals surface area contributed by atoms with Crippen molar-refractivity contribution < 1.29 is 9.59 Å². The Balaban J connectivity index is 1.86. The van der Waals surface area contributed by atoms with Crippen molar-refractivity contribution in [3.05, 3.63) is 65.7 Å². The van der Waals surface area contributed by atoms with Crippen LogP contribution in [-0.4, -0.2) is 17.9 Å². The SMILES string of the molecule is O=C1N[C@@H](Cc2ccccc2)C(=O)Nc2ccccc21. The summed E-state index contributed by atoms with van der Waals surface area (Å²) in [5.41, 5.74) is 2.07. The smallest absolute Gasteiger partial charge is 0.254 e. The van der Waals surface area contributed by atoms with E-state index in [1.807, 2.05) is 30.3 Å². The summed E-state index contributed by atoms with van der Waals surface area (Å²) >= 11 is 0. The largest absolute Gasteiger partial charge is 0.340 e. The van der Waals surface area contributed by atoms with Gasteiger partial charge in [0.2, 0.25) is 5.91 Å². The van der Waals surface area contributed by atoms with Gasteiger partial charge in [0.05, 0.1) is 11.3 Å². The van der Waals surface area contributed by atoms with E-state index in [9.17, 15) is 9.59 Å². The molecule has 2 amide bonds. The van der Waals surface area contributed by atoms with Crippen molar-refractivity contribution in [2.75, 3.05) is 5.32 Å². The number of rotatable bonds is 2. The van der Waals surface area contributed by atoms with E-state index in [0.717, 1.165) is 5.56 Å². The standard InChI is InChI=1S/C16H14N2O2/c19-15-12-8-4-5-9-13(12)17-16(20)14(18-15)10-11-6-2-1-3-7-11/h1-9,14H,10H2,(H,17,20)(H,18,19)/t14-/m0/s1. The van der Waals surface area contributed by atoms with Crippen molar-refractivity contribution in [1.29, 1.82) is 0 Å². The highest BCUT2D eigenvalue weighted by Gasteiger charge is 2.27. The molecule has 20 heavy (non-hydrogen) atoms. The number of carbonyl (C=O) groups is 2. The van der Waals surface area contributed by atoms with Gasteiger partial charge in [0.1, 0.15) is 6.04 Å². The van der Waals surface area contributed by atoms with Crippen LogP contribution < -0.4 is 10.6 Å². The lowest BCUT2D eigenvalue weighted by molar-refractivity contribution is -0.117. The van der Waals surface area contributed by atoms with Crippen LogP contribution in [0.4, 0.5) is 5.69 Å². The molecule has 0 unspecified atom stereocenters. The molecule has 0 saturated heterocycles. The van der Waals surface area contributed by atoms with Crippen LogP contribution in [0.1, 0.15) is 15.9 Å². The molecule has 1 aliphatic rings. The second-order valence-electron chi connectivity index (χ2n) is 4.75. The number of anilines is 1. The van der Waals surface area contributed by atoms with E-state index in [-0.39, 0.29) is 11.8 Å². The highest BCUT2D eigenvalue weighted by Crippen LogP contribution is 2.19. The first kappa shape index (κ1) is 12.4. The maximum absolute atomic E-state index is 12.2. The molecule has 0 fully saturated rings. The van der Waals surface area contributed by atoms with Crippen molar-refractivity contribution in [2.24, 2.45) is 0 Å². The Labute approximate surface area is 116 Å². The molecule has 0 radical (unpaired) electrons. The molecular weight excluding hydrogens is 252 g/mol. The zero-order valence-electron chi connectivity index (χ0n) is 10.8. The third-order valence-electron chi connectivity index (χ3n) is 3.33. The van der Waals surface area contributed by atoms with Crippen LogP contribution in [-0.2, 0) is 11.2 Å². The molecule has 1 heterocycles. The number of carbonyl (C=O) groups excluding carboxylic acids is 2. The summed E-state index contributed by atoms with van der Waals surface area (Å²) in [5.74, 6) is -0.410. The third-order valence-corrected chi connectivity index (χ3v) is 3.33. The minimum absolute atomic E-state index is 0.188. The van der Waals surface area contributed by atoms with Gasteiger partial charge in [-0.2, -0.15) is 0 Å². The van der Waals surface area contributed by atoms with Gasteiger partial charge in [0, 0.05) is 6.42 Å². The summed E-state index contributed by atoms with van der Waals surface area (Å²) in [4.78, 5) is 24.3. The molecule has 100 valence electrons. The fourth-order valence-corrected chi connectivity index (χ4v) is 2.31. The van der Waals surface area contributed by atoms with Crippen LogP contribution in [0.5, 0.6) is 0 Å². The Hall–Kier alpha value is -2.62. The van der Waals surface area contributed by atoms with E-state index in [1.165, 1.54) is 0 Å². The number of hydrogen-bond donors (Lipinski definition) is 2. The zero-order chi connectivity index (χ0) is 13.9. The molecule has 0 aromatic heterocycles. The first-order valence-corrected chi connectivity index (χ1v) is 6.49. The highest BCUT2D eigenvalue weighted by molar-refractivity contribution is 6.09. The van der Waals surface area contributed by atoms with E-state index in [0.29, 0.717) is 17.7 Å². The molecule has 4 heteroatoms. The summed E-state index contributed by atoms with van der Waals surface area (Å²) in [5, 5.41) is 5.58. The number of nitrogens with one attached hydrogen (secondary N) is 2. The van der Waals surface area contributed by atoms with Crippen molar-refractivity contribution in [3.63, 3.8) is 0 Å². The molecule has 1 aliphatic heterocycles. The minimum Gasteiger partial charge on any atom is -0.340 e. The number of hydrogen-bond acceptors (Lipinski definition) is 2. The monoisotopic (exact) mass is 266 g/mol. The molecule has 0 spiro atoms. The molecule has 0 saturated carbocycles. The van der Waals surface area contributed by atoms with Crippen LogP contribution in [0.15, 0.2) is 54.6 Å². The highest BCUT2D eigenvalue weighted by atomic mass is 16.2. The summed E-state index contributed by atoms with van der Waals surface area (Å²) in [6, 6.07) is 16.1. The number of fused-ring (bicyclic) bond motifs is 1. The minimum atomic E-state index is -0.558. The van der Waals surface area contributed by atoms with Crippen LogP contribution in [0.2, 0.25) is 0 Å². The molecule has 2 N–H and O–H groups in total. The van der Waals surface area contributed by atoms with Gasteiger partial charge < -0.3 is 10.6 Å². The Morgan fingerprint density at radius 3 is 2.40 bits per heavy atom. The average molecular weight is 266 g/mol. The van der Waals surface area contributed by atoms with Gasteiger partial charge in [-0.05, 0) is 17.7 Å². The van der Waals surface area contributed by atoms with E-state index in [2.05, 4.69) is 10.6 Å². The molecule has 2 aromatic carbocycles. The van der Waals surface area contributed by atoms with Crippen molar-refractivity contribution in [3.8, 4) is 0 Å². The van der Waals surface area contributed by atoms with Crippen molar-refractivity contribution >= 4 is 17.5 Å². The fraction of sp³-hybridized carbons (Fsp3) is 0.125. The number of para-hydroxylation sites is 1. The van der Waals surface area contributed by atoms with Gasteiger partial charge >= 0.3 is 0 Å². The second-order valence-corrected chi connectivity index (χ2v) is 4.75. The lowest BCUT2D eigenvalue weighted by Crippen LogP contribution is -2.42. The van der Waals surface area contributed by atoms with Gasteiger partial charge in [-0.1, -0.05) is 42.5 Å². The van der Waals surface area contributed by atoms with Gasteiger partial charge in [0.15, 0.2) is 0 Å². The van der Waals surface area contributed by atoms with Gasteiger partial charge in [-0.3, -0.25) is 9.59 Å². The van der Waals surface area contributed by atoms with E-state index >= 15 is 0 Å². The van der Waals surface area contributed by atoms with Crippen LogP contribution in [0.3, 0.4) is 0 Å². The lowest BCUT2D eigenvalue weighted by Gasteiger charge is -2.14. The molecule has 2 aromatic rings. The molecule has 1 atom stereocenters. The summed E-state index contributed by atoms with van der Waals surface area (Å²) in [6.07, 6.45) is 0.479. The summed E-state index contributed by atoms with van der Waals surface area (Å²) in [6.45, 7) is 0. The molecule has 3 rings (SSSR count). The van der Waals surface area contributed by atoms with E-state index in [1.54, 1.807) is 24.3 Å². The second kappa shape index (κ2) is 5.17. The Kier molecular flexibility index (Phi) is 3.21. The Morgan fingerprint density at radius 2 is 1.60 bits per heavy atom. The molecule has 0 bridgehead atoms. The molecular formula is C16H14N2O2. The van der Waals surface area contributed by atoms with Gasteiger partial charge in [-0.15, -0.1) is 0 Å². The third kappa shape index (κ3) is 2.40. The Morgan fingerprint density at radius 1 is 0.900 bits per heavy atom. The maximum atomic E-state index is 12.2. The molecule has 0 aliphatic carbocycles. The average Bonchev–Trinajstić information content (AvgIpc) is 2.58. The van der Waals surface area contributed by atoms with Crippen LogP contribution >= 0.6 is 0 Å². The number of amides is 2. The lowest BCUT2D eigenvalue weighted by atomic mass is 10.1. The summed E-state index contributed by atoms with van der Waals surface area (Å²) < 4.78 is 0. The van der Waals surface area contributed by atoms with Crippen LogP contribution in [0.25, 0.3) is 0 Å². The van der Waals surface area contributed by atoms with Crippen molar-refractivity contribution in [1.82, 2.24) is 5.32 Å². The predicted molar refractivity (Wildman–Crippen MR) is 76.5 cm³/mol. The fourth-order valence-electron chi connectivity index (χ4n) is 2.31. The maximum Gasteiger partial charge on any atom is 0.254 e. The summed E-state index contributed by atoms with van der Waals surface area (Å²) in [7, 11) is 0. The normalized spacial score (nSPS) is 17.7. The number of benzene rings is 2. The van der Waals surface area contributed by atoms with Crippen molar-refractivity contribution in [2.45, 2.75) is 12.5 Å². The first-order chi connectivity index (χ1) is 9.74. The van der Waals surface area contributed by atoms with E-state index < -0.39 is 6.04 Å².